The van der Waals surface area contributed by atoms with Crippen LogP contribution in [0.4, 0.5) is 0 Å². The molecule has 0 aromatic heterocycles. The van der Waals surface area contributed by atoms with Gasteiger partial charge in [-0.2, -0.15) is 0 Å². The minimum Gasteiger partial charge on any atom is -0.492 e. The zero-order valence-corrected chi connectivity index (χ0v) is 13.4. The van der Waals surface area contributed by atoms with Crippen LogP contribution in [0.5, 0.6) is 5.75 Å². The summed E-state index contributed by atoms with van der Waals surface area (Å²) in [6.07, 6.45) is 5.73. The third-order valence-corrected chi connectivity index (χ3v) is 4.33. The fourth-order valence-electron chi connectivity index (χ4n) is 2.81. The van der Waals surface area contributed by atoms with E-state index in [1.54, 1.807) is 0 Å². The summed E-state index contributed by atoms with van der Waals surface area (Å²) in [7, 11) is 0. The summed E-state index contributed by atoms with van der Waals surface area (Å²) in [5, 5.41) is 13.4. The number of hydrogen-bond donors (Lipinski definition) is 2. The van der Waals surface area contributed by atoms with Crippen molar-refractivity contribution in [2.45, 2.75) is 51.5 Å². The van der Waals surface area contributed by atoms with Crippen LogP contribution in [0.15, 0.2) is 24.3 Å². The molecule has 1 atom stereocenters. The summed E-state index contributed by atoms with van der Waals surface area (Å²) < 4.78 is 5.97. The molecule has 0 radical (unpaired) electrons. The van der Waals surface area contributed by atoms with Crippen molar-refractivity contribution in [1.82, 2.24) is 5.32 Å². The van der Waals surface area contributed by atoms with Crippen LogP contribution in [0.25, 0.3) is 0 Å². The molecule has 1 saturated carbocycles. The molecular weight excluding hydrogens is 262 g/mol. The van der Waals surface area contributed by atoms with Crippen LogP contribution in [0.2, 0.25) is 0 Å². The lowest BCUT2D eigenvalue weighted by Gasteiger charge is -2.33. The molecule has 1 aliphatic carbocycles. The second kappa shape index (κ2) is 7.81. The van der Waals surface area contributed by atoms with Crippen molar-refractivity contribution in [1.29, 1.82) is 0 Å². The summed E-state index contributed by atoms with van der Waals surface area (Å²) in [5.74, 6) is 1.44. The van der Waals surface area contributed by atoms with E-state index in [2.05, 4.69) is 31.3 Å². The van der Waals surface area contributed by atoms with E-state index < -0.39 is 0 Å². The van der Waals surface area contributed by atoms with Gasteiger partial charge in [0.25, 0.3) is 0 Å². The molecule has 1 aliphatic rings. The van der Waals surface area contributed by atoms with Crippen LogP contribution >= 0.6 is 0 Å². The molecule has 0 amide bonds. The van der Waals surface area contributed by atoms with Crippen LogP contribution in [0, 0.1) is 5.92 Å². The quantitative estimate of drug-likeness (QED) is 0.696. The maximum absolute atomic E-state index is 9.86. The van der Waals surface area contributed by atoms with Crippen molar-refractivity contribution >= 4 is 0 Å². The summed E-state index contributed by atoms with van der Waals surface area (Å²) >= 11 is 0. The Morgan fingerprint density at radius 2 is 1.90 bits per heavy atom. The second-order valence-corrected chi connectivity index (χ2v) is 6.20. The number of nitrogens with one attached hydrogen (secondary N) is 1. The highest BCUT2D eigenvalue weighted by Gasteiger charge is 2.45. The molecule has 1 unspecified atom stereocenters. The molecule has 3 heteroatoms. The highest BCUT2D eigenvalue weighted by molar-refractivity contribution is 5.27. The first kappa shape index (κ1) is 16.3. The maximum atomic E-state index is 9.86. The molecule has 1 fully saturated rings. The van der Waals surface area contributed by atoms with Crippen LogP contribution in [0.1, 0.15) is 45.1 Å². The van der Waals surface area contributed by atoms with Crippen molar-refractivity contribution in [3.63, 3.8) is 0 Å². The van der Waals surface area contributed by atoms with Crippen LogP contribution < -0.4 is 10.1 Å². The Hall–Kier alpha value is -1.06. The first-order valence-corrected chi connectivity index (χ1v) is 8.31. The van der Waals surface area contributed by atoms with Gasteiger partial charge < -0.3 is 15.2 Å². The highest BCUT2D eigenvalue weighted by Crippen LogP contribution is 2.40. The average Bonchev–Trinajstić information content (AvgIpc) is 3.35. The number of benzene rings is 1. The van der Waals surface area contributed by atoms with E-state index >= 15 is 0 Å². The van der Waals surface area contributed by atoms with Gasteiger partial charge in [-0.25, -0.2) is 0 Å². The fourth-order valence-corrected chi connectivity index (χ4v) is 2.81. The van der Waals surface area contributed by atoms with Gasteiger partial charge in [0, 0.05) is 0 Å². The number of aliphatic hydroxyl groups is 1. The molecule has 0 aliphatic heterocycles. The maximum Gasteiger partial charge on any atom is 0.119 e. The number of aryl methyl sites for hydroxylation is 1. The minimum absolute atomic E-state index is 0.144. The van der Waals surface area contributed by atoms with E-state index in [9.17, 15) is 5.11 Å². The Bertz CT molecular complexity index is 414. The Morgan fingerprint density at radius 3 is 2.43 bits per heavy atom. The lowest BCUT2D eigenvalue weighted by atomic mass is 9.95. The lowest BCUT2D eigenvalue weighted by Crippen LogP contribution is -2.55. The monoisotopic (exact) mass is 291 g/mol. The third-order valence-electron chi connectivity index (χ3n) is 4.33. The normalized spacial score (nSPS) is 17.5. The van der Waals surface area contributed by atoms with Crippen LogP contribution in [0.3, 0.4) is 0 Å². The molecule has 0 heterocycles. The van der Waals surface area contributed by atoms with Gasteiger partial charge in [0.05, 0.1) is 12.1 Å². The van der Waals surface area contributed by atoms with Crippen molar-refractivity contribution in [2.75, 3.05) is 19.8 Å². The predicted octanol–water partition coefficient (Wildman–Crippen LogP) is 3.16. The van der Waals surface area contributed by atoms with Gasteiger partial charge in [0.1, 0.15) is 12.4 Å². The first-order chi connectivity index (χ1) is 10.2. The van der Waals surface area contributed by atoms with Gasteiger partial charge >= 0.3 is 0 Å². The summed E-state index contributed by atoms with van der Waals surface area (Å²) in [6.45, 7) is 5.95. The number of ether oxygens (including phenoxy) is 1. The molecule has 0 saturated heterocycles. The smallest absolute Gasteiger partial charge is 0.119 e. The predicted molar refractivity (Wildman–Crippen MR) is 86.8 cm³/mol. The van der Waals surface area contributed by atoms with Gasteiger partial charge in [-0.05, 0) is 55.8 Å². The van der Waals surface area contributed by atoms with Gasteiger partial charge in [0.2, 0.25) is 0 Å². The Morgan fingerprint density at radius 1 is 1.19 bits per heavy atom. The highest BCUT2D eigenvalue weighted by atomic mass is 16.5. The minimum atomic E-state index is -0.266. The Labute approximate surface area is 128 Å². The Balaban J connectivity index is 1.94. The molecule has 0 bridgehead atoms. The standard InChI is InChI=1S/C18H29NO2/c1-3-5-15-6-10-17(11-7-15)21-14-18(13-20,16-8-9-16)19-12-4-2/h6-7,10-11,16,19-20H,3-5,8-9,12-14H2,1-2H3. The van der Waals surface area contributed by atoms with Gasteiger partial charge in [-0.3, -0.25) is 0 Å². The number of rotatable bonds is 10. The zero-order valence-electron chi connectivity index (χ0n) is 13.4. The lowest BCUT2D eigenvalue weighted by molar-refractivity contribution is 0.0851. The molecule has 21 heavy (non-hydrogen) atoms. The molecule has 3 nitrogen and oxygen atoms in total. The van der Waals surface area contributed by atoms with E-state index in [0.717, 1.165) is 31.6 Å². The van der Waals surface area contributed by atoms with E-state index in [0.29, 0.717) is 12.5 Å². The topological polar surface area (TPSA) is 41.5 Å². The van der Waals surface area contributed by atoms with E-state index in [-0.39, 0.29) is 12.1 Å². The largest absolute Gasteiger partial charge is 0.492 e. The Kier molecular flexibility index (Phi) is 6.07. The van der Waals surface area contributed by atoms with Crippen molar-refractivity contribution < 1.29 is 9.84 Å². The molecule has 2 N–H and O–H groups in total. The first-order valence-electron chi connectivity index (χ1n) is 8.31. The average molecular weight is 291 g/mol. The van der Waals surface area contributed by atoms with Gasteiger partial charge in [0.15, 0.2) is 0 Å². The van der Waals surface area contributed by atoms with Crippen LogP contribution in [-0.4, -0.2) is 30.4 Å². The van der Waals surface area contributed by atoms with E-state index in [4.69, 9.17) is 4.74 Å². The van der Waals surface area contributed by atoms with Crippen LogP contribution in [-0.2, 0) is 6.42 Å². The molecule has 0 spiro atoms. The van der Waals surface area contributed by atoms with Gasteiger partial charge in [-0.15, -0.1) is 0 Å². The van der Waals surface area contributed by atoms with Crippen molar-refractivity contribution in [3.05, 3.63) is 29.8 Å². The summed E-state index contributed by atoms with van der Waals surface area (Å²) in [5.41, 5.74) is 1.09. The molecule has 1 aromatic carbocycles. The van der Waals surface area contributed by atoms with E-state index in [1.807, 2.05) is 12.1 Å². The number of aliphatic hydroxyl groups excluding tert-OH is 1. The molecule has 2 rings (SSSR count). The summed E-state index contributed by atoms with van der Waals surface area (Å²) in [4.78, 5) is 0. The summed E-state index contributed by atoms with van der Waals surface area (Å²) in [6, 6.07) is 8.35. The van der Waals surface area contributed by atoms with Crippen molar-refractivity contribution in [3.8, 4) is 5.75 Å². The molecule has 1 aromatic rings. The van der Waals surface area contributed by atoms with Gasteiger partial charge in [-0.1, -0.05) is 32.4 Å². The fraction of sp³-hybridized carbons (Fsp3) is 0.667. The van der Waals surface area contributed by atoms with Crippen molar-refractivity contribution in [2.24, 2.45) is 5.92 Å². The third kappa shape index (κ3) is 4.45. The zero-order chi connectivity index (χ0) is 15.1. The molecule has 118 valence electrons. The molecular formula is C18H29NO2. The van der Waals surface area contributed by atoms with E-state index in [1.165, 1.54) is 18.4 Å². The number of hydrogen-bond acceptors (Lipinski definition) is 3. The SMILES string of the molecule is CCCNC(CO)(COc1ccc(CCC)cc1)C1CC1. The second-order valence-electron chi connectivity index (χ2n) is 6.20.